The highest BCUT2D eigenvalue weighted by Crippen LogP contribution is 2.19. The van der Waals surface area contributed by atoms with E-state index in [1.54, 1.807) is 0 Å². The first-order valence-electron chi connectivity index (χ1n) is 5.64. The van der Waals surface area contributed by atoms with E-state index in [1.807, 2.05) is 0 Å². The van der Waals surface area contributed by atoms with Gasteiger partial charge in [0.25, 0.3) is 10.0 Å². The third kappa shape index (κ3) is 3.26. The van der Waals surface area contributed by atoms with Gasteiger partial charge in [-0.1, -0.05) is 5.16 Å². The van der Waals surface area contributed by atoms with Gasteiger partial charge in [0.15, 0.2) is 5.84 Å². The van der Waals surface area contributed by atoms with E-state index in [2.05, 4.69) is 14.9 Å². The van der Waals surface area contributed by atoms with E-state index in [-0.39, 0.29) is 22.0 Å². The predicted molar refractivity (Wildman–Crippen MR) is 74.0 cm³/mol. The lowest BCUT2D eigenvalue weighted by atomic mass is 10.2. The number of hydrogen-bond acceptors (Lipinski definition) is 5. The van der Waals surface area contributed by atoms with Crippen LogP contribution in [-0.4, -0.2) is 24.4 Å². The molecule has 0 saturated heterocycles. The number of rotatable bonds is 4. The molecule has 2 rings (SSSR count). The molecule has 110 valence electrons. The van der Waals surface area contributed by atoms with Crippen molar-refractivity contribution >= 4 is 21.5 Å². The van der Waals surface area contributed by atoms with Gasteiger partial charge in [0.2, 0.25) is 0 Å². The summed E-state index contributed by atoms with van der Waals surface area (Å²) in [5, 5.41) is 11.2. The van der Waals surface area contributed by atoms with Crippen LogP contribution in [-0.2, 0) is 10.0 Å². The molecule has 0 saturated carbocycles. The molecule has 9 heteroatoms. The fourth-order valence-electron chi connectivity index (χ4n) is 1.52. The molecular formula is C12H11FN4O3S. The Balaban J connectivity index is 2.33. The fourth-order valence-corrected chi connectivity index (χ4v) is 2.55. The van der Waals surface area contributed by atoms with Crippen molar-refractivity contribution in [3.63, 3.8) is 0 Å². The second-order valence-corrected chi connectivity index (χ2v) is 5.66. The van der Waals surface area contributed by atoms with Gasteiger partial charge < -0.3 is 10.9 Å². The van der Waals surface area contributed by atoms with E-state index in [1.165, 1.54) is 30.5 Å². The van der Waals surface area contributed by atoms with Crippen molar-refractivity contribution < 1.29 is 18.0 Å². The second-order valence-electron chi connectivity index (χ2n) is 3.97. The first-order chi connectivity index (χ1) is 9.94. The zero-order valence-electron chi connectivity index (χ0n) is 10.6. The number of pyridine rings is 1. The fraction of sp³-hybridized carbons (Fsp3) is 0. The summed E-state index contributed by atoms with van der Waals surface area (Å²) in [5.74, 6) is -1.14. The summed E-state index contributed by atoms with van der Waals surface area (Å²) in [5.41, 5.74) is 5.19. The van der Waals surface area contributed by atoms with Crippen LogP contribution in [0.2, 0.25) is 0 Å². The number of benzene rings is 1. The number of nitrogens with two attached hydrogens (primary N) is 1. The van der Waals surface area contributed by atoms with Crippen molar-refractivity contribution in [2.45, 2.75) is 4.90 Å². The molecule has 0 unspecified atom stereocenters. The Bertz CT molecular complexity index is 778. The third-order valence-electron chi connectivity index (χ3n) is 2.56. The summed E-state index contributed by atoms with van der Waals surface area (Å²) in [6, 6.07) is 6.23. The smallest absolute Gasteiger partial charge is 0.263 e. The number of nitrogens with zero attached hydrogens (tertiary/aromatic N) is 2. The van der Waals surface area contributed by atoms with Gasteiger partial charge in [-0.05, 0) is 30.3 Å². The van der Waals surface area contributed by atoms with Crippen LogP contribution in [0, 0.1) is 5.82 Å². The summed E-state index contributed by atoms with van der Waals surface area (Å²) in [4.78, 5) is 3.60. The van der Waals surface area contributed by atoms with Crippen LogP contribution in [0.15, 0.2) is 52.8 Å². The highest BCUT2D eigenvalue weighted by Gasteiger charge is 2.16. The lowest BCUT2D eigenvalue weighted by Gasteiger charge is -2.09. The summed E-state index contributed by atoms with van der Waals surface area (Å²) >= 11 is 0. The monoisotopic (exact) mass is 310 g/mol. The van der Waals surface area contributed by atoms with Gasteiger partial charge in [-0.25, -0.2) is 12.8 Å². The summed E-state index contributed by atoms with van der Waals surface area (Å²) in [6.07, 6.45) is 2.57. The van der Waals surface area contributed by atoms with Gasteiger partial charge >= 0.3 is 0 Å². The minimum atomic E-state index is -3.94. The van der Waals surface area contributed by atoms with Crippen LogP contribution >= 0.6 is 0 Å². The minimum absolute atomic E-state index is 0.0927. The Hall–Kier alpha value is -2.68. The highest BCUT2D eigenvalue weighted by atomic mass is 32.2. The Morgan fingerprint density at radius 3 is 2.71 bits per heavy atom. The Labute approximate surface area is 120 Å². The first kappa shape index (κ1) is 14.7. The molecule has 1 aromatic heterocycles. The number of anilines is 1. The van der Waals surface area contributed by atoms with Crippen LogP contribution in [0.25, 0.3) is 0 Å². The Morgan fingerprint density at radius 2 is 2.14 bits per heavy atom. The van der Waals surface area contributed by atoms with Gasteiger partial charge in [0.1, 0.15) is 10.7 Å². The quantitative estimate of drug-likeness (QED) is 0.338. The number of halogens is 1. The van der Waals surface area contributed by atoms with Crippen LogP contribution in [0.4, 0.5) is 10.1 Å². The van der Waals surface area contributed by atoms with Gasteiger partial charge in [0.05, 0.1) is 5.69 Å². The van der Waals surface area contributed by atoms with Crippen molar-refractivity contribution in [1.29, 1.82) is 0 Å². The lowest BCUT2D eigenvalue weighted by molar-refractivity contribution is 0.318. The van der Waals surface area contributed by atoms with E-state index in [0.29, 0.717) is 0 Å². The number of amidine groups is 1. The number of hydrogen-bond donors (Lipinski definition) is 3. The predicted octanol–water partition coefficient (Wildman–Crippen LogP) is 1.12. The highest BCUT2D eigenvalue weighted by molar-refractivity contribution is 7.92. The molecule has 0 spiro atoms. The number of aromatic nitrogens is 1. The van der Waals surface area contributed by atoms with E-state index in [4.69, 9.17) is 10.9 Å². The molecule has 0 amide bonds. The zero-order chi connectivity index (χ0) is 15.5. The minimum Gasteiger partial charge on any atom is -0.409 e. The molecular weight excluding hydrogens is 299 g/mol. The molecule has 21 heavy (non-hydrogen) atoms. The molecule has 0 atom stereocenters. The summed E-state index contributed by atoms with van der Waals surface area (Å²) in [7, 11) is -3.94. The summed E-state index contributed by atoms with van der Waals surface area (Å²) < 4.78 is 40.0. The van der Waals surface area contributed by atoms with Crippen LogP contribution in [0.1, 0.15) is 5.56 Å². The lowest BCUT2D eigenvalue weighted by Crippen LogP contribution is -2.16. The van der Waals surface area contributed by atoms with Crippen LogP contribution in [0.3, 0.4) is 0 Å². The maximum Gasteiger partial charge on any atom is 0.263 e. The average Bonchev–Trinajstić information content (AvgIpc) is 2.49. The second kappa shape index (κ2) is 5.75. The van der Waals surface area contributed by atoms with E-state index in [0.717, 1.165) is 12.3 Å². The van der Waals surface area contributed by atoms with Crippen molar-refractivity contribution in [3.8, 4) is 0 Å². The molecule has 1 heterocycles. The Morgan fingerprint density at radius 1 is 1.38 bits per heavy atom. The van der Waals surface area contributed by atoms with Crippen molar-refractivity contribution in [3.05, 3.63) is 54.1 Å². The number of nitrogens with one attached hydrogen (secondary N) is 1. The van der Waals surface area contributed by atoms with E-state index in [9.17, 15) is 12.8 Å². The molecule has 1 aromatic carbocycles. The first-order valence-corrected chi connectivity index (χ1v) is 7.12. The molecule has 0 fully saturated rings. The number of sulfonamides is 1. The van der Waals surface area contributed by atoms with Crippen molar-refractivity contribution in [1.82, 2.24) is 4.98 Å². The van der Waals surface area contributed by atoms with Crippen LogP contribution in [0.5, 0.6) is 0 Å². The number of oxime groups is 1. The maximum atomic E-state index is 13.9. The normalized spacial score (nSPS) is 12.1. The van der Waals surface area contributed by atoms with Gasteiger partial charge in [-0.3, -0.25) is 9.71 Å². The molecule has 0 aliphatic carbocycles. The molecule has 0 aliphatic heterocycles. The van der Waals surface area contributed by atoms with Gasteiger partial charge in [-0.2, -0.15) is 0 Å². The summed E-state index contributed by atoms with van der Waals surface area (Å²) in [6.45, 7) is 0. The zero-order valence-corrected chi connectivity index (χ0v) is 11.4. The van der Waals surface area contributed by atoms with Gasteiger partial charge in [0, 0.05) is 18.0 Å². The standard InChI is InChI=1S/C12H11FN4O3S/c13-10-6-8(12(14)16-18)3-4-11(10)17-21(19,20)9-2-1-5-15-7-9/h1-7,17-18H,(H2,14,16). The van der Waals surface area contributed by atoms with Gasteiger partial charge in [-0.15, -0.1) is 0 Å². The molecule has 2 aromatic rings. The van der Waals surface area contributed by atoms with E-state index < -0.39 is 15.8 Å². The van der Waals surface area contributed by atoms with E-state index >= 15 is 0 Å². The third-order valence-corrected chi connectivity index (χ3v) is 3.91. The molecule has 0 aliphatic rings. The van der Waals surface area contributed by atoms with Crippen molar-refractivity contribution in [2.75, 3.05) is 4.72 Å². The maximum absolute atomic E-state index is 13.9. The topological polar surface area (TPSA) is 118 Å². The van der Waals surface area contributed by atoms with Crippen molar-refractivity contribution in [2.24, 2.45) is 10.9 Å². The SMILES string of the molecule is N/C(=N/O)c1ccc(NS(=O)(=O)c2cccnc2)c(F)c1. The molecule has 4 N–H and O–H groups in total. The van der Waals surface area contributed by atoms with Crippen LogP contribution < -0.4 is 10.5 Å². The molecule has 0 bridgehead atoms. The molecule has 0 radical (unpaired) electrons. The molecule has 7 nitrogen and oxygen atoms in total. The average molecular weight is 310 g/mol. The largest absolute Gasteiger partial charge is 0.409 e. The Kier molecular flexibility index (Phi) is 4.03.